The molecule has 0 radical (unpaired) electrons. The van der Waals surface area contributed by atoms with Crippen LogP contribution in [0.15, 0.2) is 46.2 Å². The summed E-state index contributed by atoms with van der Waals surface area (Å²) in [6.45, 7) is 4.62. The summed E-state index contributed by atoms with van der Waals surface area (Å²) < 4.78 is 65.2. The van der Waals surface area contributed by atoms with Gasteiger partial charge < -0.3 is 0 Å². The molecule has 0 aliphatic heterocycles. The summed E-state index contributed by atoms with van der Waals surface area (Å²) in [7, 11) is -8.51. The van der Waals surface area contributed by atoms with Gasteiger partial charge in [0.05, 0.1) is 13.2 Å². The van der Waals surface area contributed by atoms with E-state index in [1.807, 2.05) is 0 Å². The van der Waals surface area contributed by atoms with Crippen LogP contribution in [0.3, 0.4) is 0 Å². The van der Waals surface area contributed by atoms with Crippen molar-refractivity contribution in [3.05, 3.63) is 46.4 Å². The Kier molecular flexibility index (Phi) is 34.0. The van der Waals surface area contributed by atoms with Crippen LogP contribution in [-0.4, -0.2) is 30.0 Å². The van der Waals surface area contributed by atoms with Gasteiger partial charge in [0.25, 0.3) is 20.2 Å². The van der Waals surface area contributed by atoms with Gasteiger partial charge in [0, 0.05) is 21.2 Å². The van der Waals surface area contributed by atoms with E-state index in [0.29, 0.717) is 12.8 Å². The molecule has 0 saturated carbocycles. The molecule has 0 spiro atoms. The van der Waals surface area contributed by atoms with Crippen molar-refractivity contribution < 1.29 is 25.2 Å². The van der Waals surface area contributed by atoms with Gasteiger partial charge in [-0.3, -0.25) is 8.37 Å². The molecule has 0 N–H and O–H groups in total. The lowest BCUT2D eigenvalue weighted by molar-refractivity contribution is 0.305. The van der Waals surface area contributed by atoms with Gasteiger partial charge in [-0.2, -0.15) is 16.8 Å². The minimum Gasteiger partial charge on any atom is -0.266 e. The molecular weight excluding hydrogens is 856 g/mol. The van der Waals surface area contributed by atoms with E-state index >= 15 is 0 Å². The fourth-order valence-electron chi connectivity index (χ4n) is 8.32. The Hall–Kier alpha value is -1.16. The van der Waals surface area contributed by atoms with Crippen LogP contribution >= 0.6 is 23.2 Å². The van der Waals surface area contributed by atoms with Crippen molar-refractivity contribution in [3.8, 4) is 11.1 Å². The van der Waals surface area contributed by atoms with E-state index in [2.05, 4.69) is 13.8 Å². The maximum Gasteiger partial charge on any atom is 0.297 e. The average Bonchev–Trinajstić information content (AvgIpc) is 3.25. The monoisotopic (exact) mass is 943 g/mol. The van der Waals surface area contributed by atoms with Crippen molar-refractivity contribution in [1.29, 1.82) is 0 Å². The van der Waals surface area contributed by atoms with Gasteiger partial charge in [-0.15, -0.1) is 0 Å². The third kappa shape index (κ3) is 27.3. The van der Waals surface area contributed by atoms with Crippen LogP contribution in [0, 0.1) is 0 Å². The summed E-state index contributed by atoms with van der Waals surface area (Å²) in [5.41, 5.74) is 0.332. The van der Waals surface area contributed by atoms with E-state index in [-0.39, 0.29) is 44.2 Å². The highest BCUT2D eigenvalue weighted by Crippen LogP contribution is 2.37. The highest BCUT2D eigenvalue weighted by Gasteiger charge is 2.27. The van der Waals surface area contributed by atoms with Gasteiger partial charge in [0.1, 0.15) is 9.79 Å². The van der Waals surface area contributed by atoms with Crippen molar-refractivity contribution in [3.63, 3.8) is 0 Å². The molecule has 2 aromatic rings. The normalized spacial score (nSPS) is 12.1. The van der Waals surface area contributed by atoms with E-state index in [1.165, 1.54) is 216 Å². The fourth-order valence-corrected chi connectivity index (χ4v) is 11.2. The minimum absolute atomic E-state index is 0.0430. The quantitative estimate of drug-likeness (QED) is 0.0486. The largest absolute Gasteiger partial charge is 0.297 e. The zero-order valence-electron chi connectivity index (χ0n) is 39.4. The molecule has 2 rings (SSSR count). The molecule has 0 atom stereocenters. The first-order valence-electron chi connectivity index (χ1n) is 25.5. The Labute approximate surface area is 392 Å². The predicted molar refractivity (Wildman–Crippen MR) is 266 cm³/mol. The van der Waals surface area contributed by atoms with Gasteiger partial charge in [-0.05, 0) is 37.1 Å². The summed E-state index contributed by atoms with van der Waals surface area (Å²) >= 11 is 12.6. The van der Waals surface area contributed by atoms with Crippen molar-refractivity contribution in [2.24, 2.45) is 0 Å². The molecule has 358 valence electrons. The number of benzene rings is 2. The van der Waals surface area contributed by atoms with Crippen LogP contribution in [0.1, 0.15) is 245 Å². The molecule has 10 heteroatoms. The maximum atomic E-state index is 13.6. The molecule has 0 aromatic heterocycles. The molecule has 0 heterocycles. The Balaban J connectivity index is 1.68. The first-order chi connectivity index (χ1) is 30.1. The topological polar surface area (TPSA) is 86.7 Å². The number of halogens is 2. The number of rotatable bonds is 43. The van der Waals surface area contributed by atoms with Crippen molar-refractivity contribution in [2.75, 3.05) is 13.2 Å². The fraction of sp³-hybridized carbons (Fsp3) is 0.769. The molecular formula is C52H88Cl2O6S2. The lowest BCUT2D eigenvalue weighted by Gasteiger charge is -2.15. The van der Waals surface area contributed by atoms with Gasteiger partial charge >= 0.3 is 0 Å². The highest BCUT2D eigenvalue weighted by atomic mass is 35.5. The molecule has 6 nitrogen and oxygen atoms in total. The summed E-state index contributed by atoms with van der Waals surface area (Å²) in [5.74, 6) is 0. The summed E-state index contributed by atoms with van der Waals surface area (Å²) in [5, 5.41) is 0.403. The molecule has 0 unspecified atom stereocenters. The van der Waals surface area contributed by atoms with Gasteiger partial charge in [0.2, 0.25) is 0 Å². The van der Waals surface area contributed by atoms with E-state index < -0.39 is 20.2 Å². The van der Waals surface area contributed by atoms with Crippen molar-refractivity contribution >= 4 is 43.4 Å². The molecule has 62 heavy (non-hydrogen) atoms. The van der Waals surface area contributed by atoms with E-state index in [4.69, 9.17) is 31.6 Å². The van der Waals surface area contributed by atoms with Crippen LogP contribution < -0.4 is 0 Å². The molecule has 0 amide bonds. The second-order valence-electron chi connectivity index (χ2n) is 17.9. The smallest absolute Gasteiger partial charge is 0.266 e. The van der Waals surface area contributed by atoms with Crippen LogP contribution in [0.4, 0.5) is 0 Å². The molecule has 0 saturated heterocycles. The molecule has 2 aromatic carbocycles. The van der Waals surface area contributed by atoms with Crippen LogP contribution in [0.5, 0.6) is 0 Å². The third-order valence-corrected chi connectivity index (χ3v) is 15.4. The summed E-state index contributed by atoms with van der Waals surface area (Å²) in [6.07, 6.45) is 45.1. The summed E-state index contributed by atoms with van der Waals surface area (Å²) in [4.78, 5) is -0.371. The Bertz CT molecular complexity index is 1500. The van der Waals surface area contributed by atoms with E-state index in [9.17, 15) is 16.8 Å². The predicted octanol–water partition coefficient (Wildman–Crippen LogP) is 18.2. The zero-order chi connectivity index (χ0) is 45.0. The van der Waals surface area contributed by atoms with Gasteiger partial charge in [-0.1, -0.05) is 267 Å². The first-order valence-corrected chi connectivity index (χ1v) is 29.1. The van der Waals surface area contributed by atoms with Crippen LogP contribution in [-0.2, 0) is 28.6 Å². The SMILES string of the molecule is CCCCCCCCCCCCCCCCCCCCOS(=O)(=O)c1cc(Cl)ccc1-c1ccc(Cl)cc1S(=O)(=O)OCCCCCCCCCCCCCCCCCCCC. The minimum atomic E-state index is -4.26. The van der Waals surface area contributed by atoms with Crippen molar-refractivity contribution in [1.82, 2.24) is 0 Å². The molecule has 0 bridgehead atoms. The molecule has 0 fully saturated rings. The molecule has 0 aliphatic carbocycles. The zero-order valence-corrected chi connectivity index (χ0v) is 42.5. The Morgan fingerprint density at radius 2 is 0.548 bits per heavy atom. The Morgan fingerprint density at radius 1 is 0.339 bits per heavy atom. The lowest BCUT2D eigenvalue weighted by atomic mass is 10.0. The lowest BCUT2D eigenvalue weighted by Crippen LogP contribution is -2.12. The standard InChI is InChI=1S/C52H88Cl2O6S2/c1-3-5-7-9-11-13-15-17-19-21-23-25-27-29-31-33-35-37-43-59-61(55,56)51-45-47(53)39-41-49(51)50-42-40-48(54)46-52(50)62(57,58)60-44-38-36-34-32-30-28-26-24-22-20-18-16-14-12-10-8-6-4-2/h39-42,45-46H,3-38,43-44H2,1-2H3. The van der Waals surface area contributed by atoms with Crippen LogP contribution in [0.2, 0.25) is 10.0 Å². The number of unbranched alkanes of at least 4 members (excludes halogenated alkanes) is 34. The van der Waals surface area contributed by atoms with Crippen LogP contribution in [0.25, 0.3) is 11.1 Å². The van der Waals surface area contributed by atoms with Gasteiger partial charge in [0.15, 0.2) is 0 Å². The average molecular weight is 944 g/mol. The van der Waals surface area contributed by atoms with Crippen molar-refractivity contribution in [2.45, 2.75) is 255 Å². The number of hydrogen-bond donors (Lipinski definition) is 0. The molecule has 0 aliphatic rings. The summed E-state index contributed by atoms with van der Waals surface area (Å²) in [6, 6.07) is 8.72. The Morgan fingerprint density at radius 3 is 0.774 bits per heavy atom. The second kappa shape index (κ2) is 37.0. The number of hydrogen-bond acceptors (Lipinski definition) is 6. The second-order valence-corrected chi connectivity index (χ2v) is 21.9. The first kappa shape index (κ1) is 57.0. The third-order valence-electron chi connectivity index (χ3n) is 12.2. The van der Waals surface area contributed by atoms with E-state index in [0.717, 1.165) is 38.5 Å². The van der Waals surface area contributed by atoms with Gasteiger partial charge in [-0.25, -0.2) is 0 Å². The highest BCUT2D eigenvalue weighted by molar-refractivity contribution is 7.87. The van der Waals surface area contributed by atoms with E-state index in [1.54, 1.807) is 0 Å². The maximum absolute atomic E-state index is 13.6.